The Morgan fingerprint density at radius 2 is 1.83 bits per heavy atom. The molecule has 4 atom stereocenters. The third kappa shape index (κ3) is 3.47. The topological polar surface area (TPSA) is 99.1 Å². The average Bonchev–Trinajstić information content (AvgIpc) is 3.51. The van der Waals surface area contributed by atoms with Crippen LogP contribution in [0.4, 0.5) is 19.3 Å². The van der Waals surface area contributed by atoms with Gasteiger partial charge in [0.05, 0.1) is 18.8 Å². The first-order chi connectivity index (χ1) is 13.7. The van der Waals surface area contributed by atoms with E-state index in [4.69, 9.17) is 4.74 Å². The second-order valence-electron chi connectivity index (χ2n) is 8.45. The van der Waals surface area contributed by atoms with Crippen LogP contribution in [0.15, 0.2) is 12.1 Å². The van der Waals surface area contributed by atoms with Gasteiger partial charge >= 0.3 is 6.09 Å². The Bertz CT molecular complexity index is 856. The lowest BCUT2D eigenvalue weighted by molar-refractivity contribution is -0.122. The molecule has 0 spiro atoms. The summed E-state index contributed by atoms with van der Waals surface area (Å²) in [5, 5.41) is 2.73. The fourth-order valence-corrected chi connectivity index (χ4v) is 6.88. The Balaban J connectivity index is 1.27. The van der Waals surface area contributed by atoms with Crippen LogP contribution in [0.3, 0.4) is 0 Å². The highest BCUT2D eigenvalue weighted by atomic mass is 32.3. The van der Waals surface area contributed by atoms with Crippen LogP contribution in [0.5, 0.6) is 0 Å². The number of nitrogens with one attached hydrogen (secondary N) is 1. The molecule has 4 fully saturated rings. The second kappa shape index (κ2) is 6.55. The van der Waals surface area contributed by atoms with Crippen LogP contribution in [0.2, 0.25) is 0 Å². The molecular formula is C19H22F2N2O5S. The molecular weight excluding hydrogens is 406 g/mol. The van der Waals surface area contributed by atoms with Gasteiger partial charge in [-0.25, -0.2) is 13.6 Å². The highest BCUT2D eigenvalue weighted by molar-refractivity contribution is 8.24. The van der Waals surface area contributed by atoms with E-state index >= 15 is 0 Å². The standard InChI is InChI=1S/C19H22F2N2O5S/c20-14-3-10(4-15(21)17(14)16-12-7-29(26,27)8-13(12)16)23-6-11(28-19(23)25)5-22-18(24)9-1-2-9/h3-4,9,11-13,16,26-27H,1-2,5-8H2,(H,22,24)/t11-,12-,13+,16?/m0/s1. The number of halogens is 2. The Morgan fingerprint density at radius 1 is 1.21 bits per heavy atom. The molecule has 2 saturated heterocycles. The number of hydrogen-bond acceptors (Lipinski definition) is 5. The largest absolute Gasteiger partial charge is 0.442 e. The highest BCUT2D eigenvalue weighted by Crippen LogP contribution is 2.69. The summed E-state index contributed by atoms with van der Waals surface area (Å²) >= 11 is 0. The number of carbonyl (C=O) groups excluding carboxylic acids is 2. The van der Waals surface area contributed by atoms with Crippen molar-refractivity contribution < 1.29 is 32.2 Å². The summed E-state index contributed by atoms with van der Waals surface area (Å²) in [6.07, 6.45) is 0.451. The van der Waals surface area contributed by atoms with E-state index in [0.29, 0.717) is 0 Å². The quantitative estimate of drug-likeness (QED) is 0.670. The van der Waals surface area contributed by atoms with E-state index in [1.165, 1.54) is 0 Å². The number of carbonyl (C=O) groups is 2. The summed E-state index contributed by atoms with van der Waals surface area (Å²) in [5.74, 6) is -1.68. The maximum atomic E-state index is 14.7. The van der Waals surface area contributed by atoms with E-state index in [9.17, 15) is 27.5 Å². The summed E-state index contributed by atoms with van der Waals surface area (Å²) < 4.78 is 54.1. The number of nitrogens with zero attached hydrogens (tertiary/aromatic N) is 1. The first kappa shape index (κ1) is 19.1. The van der Waals surface area contributed by atoms with E-state index in [1.807, 2.05) is 0 Å². The van der Waals surface area contributed by atoms with E-state index in [1.54, 1.807) is 0 Å². The van der Waals surface area contributed by atoms with E-state index in [-0.39, 0.29) is 65.4 Å². The molecule has 2 aliphatic carbocycles. The minimum absolute atomic E-state index is 0.0422. The molecule has 3 N–H and O–H groups in total. The van der Waals surface area contributed by atoms with Crippen molar-refractivity contribution in [3.8, 4) is 0 Å². The first-order valence-corrected chi connectivity index (χ1v) is 11.6. The highest BCUT2D eigenvalue weighted by Gasteiger charge is 2.60. The van der Waals surface area contributed by atoms with Crippen LogP contribution in [0, 0.1) is 29.4 Å². The summed E-state index contributed by atoms with van der Waals surface area (Å²) in [5.41, 5.74) is 0.0272. The van der Waals surface area contributed by atoms with Gasteiger partial charge in [0.15, 0.2) is 0 Å². The minimum Gasteiger partial charge on any atom is -0.442 e. The Hall–Kier alpha value is -1.91. The smallest absolute Gasteiger partial charge is 0.414 e. The van der Waals surface area contributed by atoms with Crippen molar-refractivity contribution in [3.05, 3.63) is 29.3 Å². The minimum atomic E-state index is -2.60. The molecule has 4 aliphatic rings. The SMILES string of the molecule is O=C(NC[C@H]1CN(c2cc(F)c(C3[C@H]4CS(O)(O)C[C@@H]34)c(F)c2)C(=O)O1)C1CC1. The molecule has 2 aliphatic heterocycles. The molecule has 1 aromatic carbocycles. The van der Waals surface area contributed by atoms with Gasteiger partial charge in [-0.2, -0.15) is 10.6 Å². The zero-order chi connectivity index (χ0) is 20.5. The van der Waals surface area contributed by atoms with Crippen LogP contribution in [-0.2, 0) is 9.53 Å². The number of amides is 2. The van der Waals surface area contributed by atoms with Crippen molar-refractivity contribution in [2.45, 2.75) is 24.9 Å². The predicted molar refractivity (Wildman–Crippen MR) is 102 cm³/mol. The van der Waals surface area contributed by atoms with Gasteiger partial charge in [0, 0.05) is 23.0 Å². The average molecular weight is 428 g/mol. The molecule has 158 valence electrons. The maximum absolute atomic E-state index is 14.7. The molecule has 2 saturated carbocycles. The maximum Gasteiger partial charge on any atom is 0.414 e. The Kier molecular flexibility index (Phi) is 4.31. The van der Waals surface area contributed by atoms with Gasteiger partial charge in [-0.1, -0.05) is 0 Å². The zero-order valence-electron chi connectivity index (χ0n) is 15.5. The lowest BCUT2D eigenvalue weighted by Crippen LogP contribution is -2.35. The fraction of sp³-hybridized carbons (Fsp3) is 0.579. The number of ether oxygens (including phenoxy) is 1. The van der Waals surface area contributed by atoms with Crippen molar-refractivity contribution in [3.63, 3.8) is 0 Å². The fourth-order valence-electron chi connectivity index (χ4n) is 4.60. The third-order valence-electron chi connectivity index (χ3n) is 6.29. The van der Waals surface area contributed by atoms with Gasteiger partial charge in [0.2, 0.25) is 5.91 Å². The normalized spacial score (nSPS) is 33.2. The molecule has 1 unspecified atom stereocenters. The molecule has 1 aromatic rings. The van der Waals surface area contributed by atoms with E-state index in [0.717, 1.165) is 29.9 Å². The van der Waals surface area contributed by atoms with Gasteiger partial charge in [0.25, 0.3) is 0 Å². The van der Waals surface area contributed by atoms with E-state index < -0.39 is 34.4 Å². The van der Waals surface area contributed by atoms with Crippen molar-refractivity contribution >= 4 is 28.3 Å². The molecule has 29 heavy (non-hydrogen) atoms. The van der Waals surface area contributed by atoms with Gasteiger partial charge in [-0.3, -0.25) is 18.8 Å². The number of benzene rings is 1. The zero-order valence-corrected chi connectivity index (χ0v) is 16.3. The monoisotopic (exact) mass is 428 g/mol. The summed E-state index contributed by atoms with van der Waals surface area (Å²) in [7, 11) is -2.60. The van der Waals surface area contributed by atoms with Crippen molar-refractivity contribution in [2.24, 2.45) is 17.8 Å². The first-order valence-electron chi connectivity index (χ1n) is 9.72. The number of fused-ring (bicyclic) bond motifs is 1. The number of hydrogen-bond donors (Lipinski definition) is 3. The number of rotatable bonds is 5. The summed E-state index contributed by atoms with van der Waals surface area (Å²) in [4.78, 5) is 25.0. The van der Waals surface area contributed by atoms with Gasteiger partial charge in [0.1, 0.15) is 17.7 Å². The second-order valence-corrected chi connectivity index (χ2v) is 10.7. The molecule has 0 bridgehead atoms. The van der Waals surface area contributed by atoms with Crippen molar-refractivity contribution in [1.29, 1.82) is 0 Å². The van der Waals surface area contributed by atoms with Crippen LogP contribution >= 0.6 is 10.6 Å². The molecule has 10 heteroatoms. The van der Waals surface area contributed by atoms with Gasteiger partial charge in [-0.15, -0.1) is 0 Å². The Labute approximate surface area is 167 Å². The summed E-state index contributed by atoms with van der Waals surface area (Å²) in [6.45, 7) is 0.260. The van der Waals surface area contributed by atoms with Crippen LogP contribution in [0.1, 0.15) is 24.3 Å². The van der Waals surface area contributed by atoms with Crippen LogP contribution in [0.25, 0.3) is 0 Å². The van der Waals surface area contributed by atoms with Crippen molar-refractivity contribution in [1.82, 2.24) is 5.32 Å². The van der Waals surface area contributed by atoms with Crippen LogP contribution in [-0.4, -0.2) is 51.8 Å². The van der Waals surface area contributed by atoms with Crippen molar-refractivity contribution in [2.75, 3.05) is 29.5 Å². The predicted octanol–water partition coefficient (Wildman–Crippen LogP) is 2.91. The molecule has 2 amide bonds. The third-order valence-corrected chi connectivity index (χ3v) is 8.12. The molecule has 0 aromatic heterocycles. The molecule has 5 rings (SSSR count). The number of anilines is 1. The molecule has 2 heterocycles. The lowest BCUT2D eigenvalue weighted by atomic mass is 10.1. The van der Waals surface area contributed by atoms with E-state index in [2.05, 4.69) is 5.32 Å². The lowest BCUT2D eigenvalue weighted by Gasteiger charge is -2.29. The van der Waals surface area contributed by atoms with Crippen LogP contribution < -0.4 is 10.2 Å². The molecule has 7 nitrogen and oxygen atoms in total. The van der Waals surface area contributed by atoms with Gasteiger partial charge < -0.3 is 10.1 Å². The van der Waals surface area contributed by atoms with Gasteiger partial charge in [-0.05, 0) is 42.7 Å². The number of cyclic esters (lactones) is 1. The Morgan fingerprint density at radius 3 is 2.41 bits per heavy atom. The summed E-state index contributed by atoms with van der Waals surface area (Å²) in [6, 6.07) is 2.24. The molecule has 0 radical (unpaired) electrons.